The zero-order chi connectivity index (χ0) is 15.6. The molecule has 0 saturated carbocycles. The standard InChI is InChI=1S/C15H18N2O3S/c1-10-8-9-12(16)11(2)15(10)21(18,19)17-13-6-4-5-7-14(13)20-3/h4-9,17H,16H2,1-3H3. The van der Waals surface area contributed by atoms with Gasteiger partial charge in [-0.2, -0.15) is 0 Å². The first-order chi connectivity index (χ1) is 9.86. The number of sulfonamides is 1. The van der Waals surface area contributed by atoms with E-state index in [0.717, 1.165) is 0 Å². The third-order valence-corrected chi connectivity index (χ3v) is 4.92. The van der Waals surface area contributed by atoms with Crippen LogP contribution in [0.1, 0.15) is 11.1 Å². The molecule has 0 aliphatic carbocycles. The van der Waals surface area contributed by atoms with Gasteiger partial charge in [0.1, 0.15) is 5.75 Å². The maximum Gasteiger partial charge on any atom is 0.262 e. The van der Waals surface area contributed by atoms with Gasteiger partial charge in [0.2, 0.25) is 0 Å². The molecular weight excluding hydrogens is 288 g/mol. The van der Waals surface area contributed by atoms with Gasteiger partial charge in [-0.25, -0.2) is 8.42 Å². The fraction of sp³-hybridized carbons (Fsp3) is 0.200. The predicted molar refractivity (Wildman–Crippen MR) is 84.1 cm³/mol. The second-order valence-electron chi connectivity index (χ2n) is 4.73. The highest BCUT2D eigenvalue weighted by Crippen LogP contribution is 2.30. The number of nitrogen functional groups attached to an aromatic ring is 1. The average molecular weight is 306 g/mol. The Morgan fingerprint density at radius 3 is 2.43 bits per heavy atom. The molecule has 0 unspecified atom stereocenters. The monoisotopic (exact) mass is 306 g/mol. The highest BCUT2D eigenvalue weighted by Gasteiger charge is 2.22. The highest BCUT2D eigenvalue weighted by molar-refractivity contribution is 7.92. The molecule has 6 heteroatoms. The van der Waals surface area contributed by atoms with Gasteiger partial charge in [-0.05, 0) is 43.2 Å². The Labute approximate surface area is 124 Å². The molecule has 3 N–H and O–H groups in total. The smallest absolute Gasteiger partial charge is 0.262 e. The molecule has 0 saturated heterocycles. The van der Waals surface area contributed by atoms with E-state index in [2.05, 4.69) is 4.72 Å². The molecule has 2 rings (SSSR count). The molecule has 0 amide bonds. The minimum absolute atomic E-state index is 0.202. The molecule has 112 valence electrons. The van der Waals surface area contributed by atoms with Crippen LogP contribution in [0.25, 0.3) is 0 Å². The van der Waals surface area contributed by atoms with E-state index in [1.807, 2.05) is 0 Å². The zero-order valence-corrected chi connectivity index (χ0v) is 13.0. The van der Waals surface area contributed by atoms with Crippen LogP contribution in [-0.4, -0.2) is 15.5 Å². The first-order valence-corrected chi connectivity index (χ1v) is 7.86. The molecule has 0 aliphatic rings. The molecule has 0 aliphatic heterocycles. The normalized spacial score (nSPS) is 11.2. The van der Waals surface area contributed by atoms with Gasteiger partial charge in [-0.15, -0.1) is 0 Å². The van der Waals surface area contributed by atoms with Crippen molar-refractivity contribution in [3.8, 4) is 5.75 Å². The number of methoxy groups -OCH3 is 1. The number of anilines is 2. The Hall–Kier alpha value is -2.21. The van der Waals surface area contributed by atoms with E-state index in [0.29, 0.717) is 28.3 Å². The molecule has 5 nitrogen and oxygen atoms in total. The maximum atomic E-state index is 12.6. The van der Waals surface area contributed by atoms with E-state index < -0.39 is 10.0 Å². The molecule has 0 aromatic heterocycles. The molecule has 0 fully saturated rings. The second kappa shape index (κ2) is 5.65. The molecule has 0 heterocycles. The molecule has 0 atom stereocenters. The minimum Gasteiger partial charge on any atom is -0.495 e. The molecule has 21 heavy (non-hydrogen) atoms. The van der Waals surface area contributed by atoms with Crippen molar-refractivity contribution in [1.29, 1.82) is 0 Å². The third kappa shape index (κ3) is 2.95. The number of benzene rings is 2. The van der Waals surface area contributed by atoms with E-state index in [1.54, 1.807) is 50.2 Å². The summed E-state index contributed by atoms with van der Waals surface area (Å²) in [6.45, 7) is 3.43. The fourth-order valence-electron chi connectivity index (χ4n) is 2.18. The SMILES string of the molecule is COc1ccccc1NS(=O)(=O)c1c(C)ccc(N)c1C. The Morgan fingerprint density at radius 2 is 1.76 bits per heavy atom. The zero-order valence-electron chi connectivity index (χ0n) is 12.2. The van der Waals surface area contributed by atoms with Crippen molar-refractivity contribution in [2.24, 2.45) is 0 Å². The summed E-state index contributed by atoms with van der Waals surface area (Å²) in [5.41, 5.74) is 7.84. The van der Waals surface area contributed by atoms with Crippen molar-refractivity contribution in [2.45, 2.75) is 18.7 Å². The molecule has 2 aromatic carbocycles. The van der Waals surface area contributed by atoms with Crippen molar-refractivity contribution >= 4 is 21.4 Å². The topological polar surface area (TPSA) is 81.4 Å². The number of para-hydroxylation sites is 2. The van der Waals surface area contributed by atoms with E-state index in [4.69, 9.17) is 10.5 Å². The van der Waals surface area contributed by atoms with Gasteiger partial charge in [0.05, 0.1) is 17.7 Å². The predicted octanol–water partition coefficient (Wildman–Crippen LogP) is 2.70. The molecule has 0 radical (unpaired) electrons. The van der Waals surface area contributed by atoms with E-state index in [-0.39, 0.29) is 4.90 Å². The summed E-state index contributed by atoms with van der Waals surface area (Å²) in [5.74, 6) is 0.459. The van der Waals surface area contributed by atoms with Crippen molar-refractivity contribution < 1.29 is 13.2 Å². The summed E-state index contributed by atoms with van der Waals surface area (Å²) in [6.07, 6.45) is 0. The van der Waals surface area contributed by atoms with Crippen molar-refractivity contribution in [3.63, 3.8) is 0 Å². The Morgan fingerprint density at radius 1 is 1.10 bits per heavy atom. The number of hydrogen-bond acceptors (Lipinski definition) is 4. The maximum absolute atomic E-state index is 12.6. The van der Waals surface area contributed by atoms with Crippen molar-refractivity contribution in [2.75, 3.05) is 17.6 Å². The number of ether oxygens (including phenoxy) is 1. The summed E-state index contributed by atoms with van der Waals surface area (Å²) < 4.78 is 33.0. The van der Waals surface area contributed by atoms with Crippen LogP contribution in [0.4, 0.5) is 11.4 Å². The van der Waals surface area contributed by atoms with Gasteiger partial charge in [0, 0.05) is 5.69 Å². The molecule has 0 bridgehead atoms. The van der Waals surface area contributed by atoms with Crippen LogP contribution in [0.2, 0.25) is 0 Å². The van der Waals surface area contributed by atoms with Crippen LogP contribution in [-0.2, 0) is 10.0 Å². The van der Waals surface area contributed by atoms with Crippen LogP contribution < -0.4 is 15.2 Å². The van der Waals surface area contributed by atoms with Crippen LogP contribution in [0.15, 0.2) is 41.3 Å². The third-order valence-electron chi connectivity index (χ3n) is 3.26. The lowest BCUT2D eigenvalue weighted by molar-refractivity contribution is 0.417. The first kappa shape index (κ1) is 15.2. The van der Waals surface area contributed by atoms with Crippen LogP contribution in [0.3, 0.4) is 0 Å². The van der Waals surface area contributed by atoms with Gasteiger partial charge in [0.25, 0.3) is 10.0 Å². The Balaban J connectivity index is 2.51. The minimum atomic E-state index is -3.74. The number of hydrogen-bond donors (Lipinski definition) is 2. The fourth-order valence-corrected chi connectivity index (χ4v) is 3.75. The summed E-state index contributed by atoms with van der Waals surface area (Å²) in [6, 6.07) is 10.2. The summed E-state index contributed by atoms with van der Waals surface area (Å²) in [5, 5.41) is 0. The van der Waals surface area contributed by atoms with Crippen LogP contribution >= 0.6 is 0 Å². The van der Waals surface area contributed by atoms with Gasteiger partial charge in [-0.1, -0.05) is 18.2 Å². The number of rotatable bonds is 4. The second-order valence-corrected chi connectivity index (χ2v) is 6.35. The summed E-state index contributed by atoms with van der Waals surface area (Å²) in [7, 11) is -2.25. The lowest BCUT2D eigenvalue weighted by atomic mass is 10.1. The quantitative estimate of drug-likeness (QED) is 0.851. The van der Waals surface area contributed by atoms with Gasteiger partial charge >= 0.3 is 0 Å². The first-order valence-electron chi connectivity index (χ1n) is 6.38. The van der Waals surface area contributed by atoms with Gasteiger partial charge in [0.15, 0.2) is 0 Å². The Kier molecular flexibility index (Phi) is 4.09. The molecule has 2 aromatic rings. The van der Waals surface area contributed by atoms with Gasteiger partial charge in [-0.3, -0.25) is 4.72 Å². The highest BCUT2D eigenvalue weighted by atomic mass is 32.2. The van der Waals surface area contributed by atoms with Crippen LogP contribution in [0, 0.1) is 13.8 Å². The van der Waals surface area contributed by atoms with E-state index >= 15 is 0 Å². The van der Waals surface area contributed by atoms with Gasteiger partial charge < -0.3 is 10.5 Å². The van der Waals surface area contributed by atoms with Crippen molar-refractivity contribution in [1.82, 2.24) is 0 Å². The number of aryl methyl sites for hydroxylation is 1. The van der Waals surface area contributed by atoms with Crippen LogP contribution in [0.5, 0.6) is 5.75 Å². The number of nitrogens with one attached hydrogen (secondary N) is 1. The lowest BCUT2D eigenvalue weighted by Crippen LogP contribution is -2.17. The largest absolute Gasteiger partial charge is 0.495 e. The van der Waals surface area contributed by atoms with E-state index in [1.165, 1.54) is 7.11 Å². The lowest BCUT2D eigenvalue weighted by Gasteiger charge is -2.15. The van der Waals surface area contributed by atoms with E-state index in [9.17, 15) is 8.42 Å². The Bertz CT molecular complexity index is 770. The van der Waals surface area contributed by atoms with Crippen molar-refractivity contribution in [3.05, 3.63) is 47.5 Å². The summed E-state index contributed by atoms with van der Waals surface area (Å²) in [4.78, 5) is 0.202. The molecule has 0 spiro atoms. The summed E-state index contributed by atoms with van der Waals surface area (Å²) >= 11 is 0. The number of nitrogens with two attached hydrogens (primary N) is 1. The average Bonchev–Trinajstić information content (AvgIpc) is 2.43. The molecular formula is C15H18N2O3S.